The summed E-state index contributed by atoms with van der Waals surface area (Å²) >= 11 is 11.6. The molecular formula is C12H10BrClIN3. The number of hydrogen-bond donors (Lipinski definition) is 1. The molecule has 0 saturated heterocycles. The van der Waals surface area contributed by atoms with Crippen LogP contribution in [0, 0.1) is 3.57 Å². The van der Waals surface area contributed by atoms with E-state index in [1.807, 2.05) is 25.1 Å². The van der Waals surface area contributed by atoms with E-state index in [-0.39, 0.29) is 0 Å². The Morgan fingerprint density at radius 2 is 2.11 bits per heavy atom. The van der Waals surface area contributed by atoms with Crippen LogP contribution in [0.4, 0.5) is 5.82 Å². The average Bonchev–Trinajstić information content (AvgIpc) is 2.36. The summed E-state index contributed by atoms with van der Waals surface area (Å²) in [6.45, 7) is 2.04. The zero-order valence-electron chi connectivity index (χ0n) is 9.54. The zero-order chi connectivity index (χ0) is 13.3. The highest BCUT2D eigenvalue weighted by molar-refractivity contribution is 14.1. The van der Waals surface area contributed by atoms with Crippen LogP contribution in [0.2, 0.25) is 5.02 Å². The van der Waals surface area contributed by atoms with Gasteiger partial charge in [0.2, 0.25) is 0 Å². The smallest absolute Gasteiger partial charge is 0.161 e. The molecule has 0 aliphatic carbocycles. The van der Waals surface area contributed by atoms with Gasteiger partial charge in [0.1, 0.15) is 5.82 Å². The average molecular weight is 438 g/mol. The molecule has 1 aromatic heterocycles. The van der Waals surface area contributed by atoms with E-state index in [4.69, 9.17) is 17.3 Å². The molecule has 0 bridgehead atoms. The molecule has 0 spiro atoms. The Labute approximate surface area is 132 Å². The molecule has 6 heteroatoms. The van der Waals surface area contributed by atoms with Crippen LogP contribution in [-0.2, 0) is 6.42 Å². The highest BCUT2D eigenvalue weighted by Crippen LogP contribution is 2.28. The van der Waals surface area contributed by atoms with Gasteiger partial charge < -0.3 is 5.73 Å². The third-order valence-corrected chi connectivity index (χ3v) is 4.87. The van der Waals surface area contributed by atoms with Gasteiger partial charge in [-0.1, -0.05) is 18.5 Å². The van der Waals surface area contributed by atoms with Gasteiger partial charge in [0.15, 0.2) is 5.82 Å². The fourth-order valence-electron chi connectivity index (χ4n) is 1.51. The Balaban J connectivity index is 2.57. The lowest BCUT2D eigenvalue weighted by molar-refractivity contribution is 0.994. The van der Waals surface area contributed by atoms with Crippen molar-refractivity contribution in [3.05, 3.63) is 37.0 Å². The van der Waals surface area contributed by atoms with E-state index in [1.54, 1.807) is 0 Å². The van der Waals surface area contributed by atoms with E-state index in [0.717, 1.165) is 25.7 Å². The van der Waals surface area contributed by atoms with Crippen LogP contribution in [0.5, 0.6) is 0 Å². The minimum atomic E-state index is 0.511. The Hall–Kier alpha value is -0.400. The van der Waals surface area contributed by atoms with E-state index >= 15 is 0 Å². The number of benzene rings is 1. The summed E-state index contributed by atoms with van der Waals surface area (Å²) in [6.07, 6.45) is 0.822. The number of hydrogen-bond acceptors (Lipinski definition) is 3. The topological polar surface area (TPSA) is 51.8 Å². The van der Waals surface area contributed by atoms with Crippen LogP contribution in [-0.4, -0.2) is 9.97 Å². The van der Waals surface area contributed by atoms with Crippen molar-refractivity contribution in [2.24, 2.45) is 0 Å². The maximum Gasteiger partial charge on any atom is 0.161 e. The number of nitrogens with zero attached hydrogens (tertiary/aromatic N) is 2. The van der Waals surface area contributed by atoms with Crippen molar-refractivity contribution >= 4 is 55.9 Å². The lowest BCUT2D eigenvalue weighted by atomic mass is 10.2. The molecule has 2 aromatic rings. The molecule has 0 aliphatic heterocycles. The van der Waals surface area contributed by atoms with E-state index in [9.17, 15) is 0 Å². The molecule has 18 heavy (non-hydrogen) atoms. The van der Waals surface area contributed by atoms with Crippen LogP contribution in [0.15, 0.2) is 22.7 Å². The summed E-state index contributed by atoms with van der Waals surface area (Å²) in [7, 11) is 0. The predicted molar refractivity (Wildman–Crippen MR) is 86.7 cm³/mol. The fourth-order valence-corrected chi connectivity index (χ4v) is 2.56. The van der Waals surface area contributed by atoms with Gasteiger partial charge in [-0.05, 0) is 63.1 Å². The van der Waals surface area contributed by atoms with E-state index in [2.05, 4.69) is 48.5 Å². The van der Waals surface area contributed by atoms with Gasteiger partial charge in [0.05, 0.1) is 14.3 Å². The Kier molecular flexibility index (Phi) is 4.45. The normalized spacial score (nSPS) is 10.7. The molecule has 3 nitrogen and oxygen atoms in total. The molecule has 2 rings (SSSR count). The Morgan fingerprint density at radius 1 is 1.39 bits per heavy atom. The molecule has 0 fully saturated rings. The highest BCUT2D eigenvalue weighted by Gasteiger charge is 2.11. The predicted octanol–water partition coefficient (Wildman–Crippen LogP) is 4.31. The first-order valence-electron chi connectivity index (χ1n) is 5.30. The second kappa shape index (κ2) is 5.71. The van der Waals surface area contributed by atoms with E-state index < -0.39 is 0 Å². The number of halogens is 3. The molecule has 0 amide bonds. The number of anilines is 1. The fraction of sp³-hybridized carbons (Fsp3) is 0.167. The van der Waals surface area contributed by atoms with Crippen LogP contribution in [0.3, 0.4) is 0 Å². The van der Waals surface area contributed by atoms with Crippen LogP contribution >= 0.6 is 50.1 Å². The van der Waals surface area contributed by atoms with Crippen molar-refractivity contribution < 1.29 is 0 Å². The lowest BCUT2D eigenvalue weighted by Gasteiger charge is -2.08. The van der Waals surface area contributed by atoms with Gasteiger partial charge in [0, 0.05) is 10.0 Å². The Bertz CT molecular complexity index is 604. The van der Waals surface area contributed by atoms with Gasteiger partial charge >= 0.3 is 0 Å². The highest BCUT2D eigenvalue weighted by atomic mass is 127. The third-order valence-electron chi connectivity index (χ3n) is 2.46. The summed E-state index contributed by atoms with van der Waals surface area (Å²) in [5.74, 6) is 1.12. The first kappa shape index (κ1) is 14.0. The van der Waals surface area contributed by atoms with Crippen LogP contribution in [0.1, 0.15) is 12.6 Å². The lowest BCUT2D eigenvalue weighted by Crippen LogP contribution is -2.04. The van der Waals surface area contributed by atoms with Gasteiger partial charge in [-0.15, -0.1) is 0 Å². The minimum absolute atomic E-state index is 0.511. The SMILES string of the molecule is CCc1nc(-c2ccc(Br)c(Cl)c2)nc(N)c1I. The number of aryl methyl sites for hydroxylation is 1. The van der Waals surface area contributed by atoms with Crippen molar-refractivity contribution in [2.45, 2.75) is 13.3 Å². The summed E-state index contributed by atoms with van der Waals surface area (Å²) in [5.41, 5.74) is 7.72. The molecule has 0 aliphatic rings. The number of rotatable bonds is 2. The van der Waals surface area contributed by atoms with Gasteiger partial charge in [-0.2, -0.15) is 0 Å². The zero-order valence-corrected chi connectivity index (χ0v) is 14.0. The third kappa shape index (κ3) is 2.78. The van der Waals surface area contributed by atoms with Crippen molar-refractivity contribution in [2.75, 3.05) is 5.73 Å². The van der Waals surface area contributed by atoms with Crippen molar-refractivity contribution in [1.82, 2.24) is 9.97 Å². The molecule has 1 heterocycles. The first-order valence-corrected chi connectivity index (χ1v) is 7.55. The molecule has 0 atom stereocenters. The van der Waals surface area contributed by atoms with Crippen molar-refractivity contribution in [3.8, 4) is 11.4 Å². The summed E-state index contributed by atoms with van der Waals surface area (Å²) < 4.78 is 1.77. The number of aromatic nitrogens is 2. The standard InChI is InChI=1S/C12H10BrClIN3/c1-2-9-10(15)11(16)18-12(17-9)6-3-4-7(13)8(14)5-6/h3-5H,2H2,1H3,(H2,16,17,18). The van der Waals surface area contributed by atoms with Crippen LogP contribution in [0.25, 0.3) is 11.4 Å². The first-order chi connectivity index (χ1) is 8.52. The number of nitrogens with two attached hydrogens (primary N) is 1. The summed E-state index contributed by atoms with van der Waals surface area (Å²) in [6, 6.07) is 5.62. The maximum atomic E-state index is 6.07. The molecule has 0 radical (unpaired) electrons. The summed E-state index contributed by atoms with van der Waals surface area (Å²) in [4.78, 5) is 8.83. The molecule has 1 aromatic carbocycles. The van der Waals surface area contributed by atoms with Crippen molar-refractivity contribution in [3.63, 3.8) is 0 Å². The van der Waals surface area contributed by atoms with Gasteiger partial charge in [0.25, 0.3) is 0 Å². The van der Waals surface area contributed by atoms with E-state index in [1.165, 1.54) is 0 Å². The second-order valence-electron chi connectivity index (χ2n) is 3.68. The number of nitrogen functional groups attached to an aromatic ring is 1. The molecule has 0 unspecified atom stereocenters. The second-order valence-corrected chi connectivity index (χ2v) is 6.02. The van der Waals surface area contributed by atoms with Crippen molar-refractivity contribution in [1.29, 1.82) is 0 Å². The Morgan fingerprint density at radius 3 is 2.72 bits per heavy atom. The van der Waals surface area contributed by atoms with Crippen LogP contribution < -0.4 is 5.73 Å². The summed E-state index contributed by atoms with van der Waals surface area (Å²) in [5, 5.41) is 0.631. The molecule has 0 saturated carbocycles. The molecule has 2 N–H and O–H groups in total. The molecule has 94 valence electrons. The largest absolute Gasteiger partial charge is 0.383 e. The monoisotopic (exact) mass is 437 g/mol. The van der Waals surface area contributed by atoms with E-state index in [0.29, 0.717) is 16.7 Å². The minimum Gasteiger partial charge on any atom is -0.383 e. The van der Waals surface area contributed by atoms with Gasteiger partial charge in [-0.25, -0.2) is 9.97 Å². The quantitative estimate of drug-likeness (QED) is 0.711. The molecular weight excluding hydrogens is 428 g/mol. The maximum absolute atomic E-state index is 6.07. The van der Waals surface area contributed by atoms with Gasteiger partial charge in [-0.3, -0.25) is 0 Å².